The van der Waals surface area contributed by atoms with Crippen LogP contribution in [0.4, 0.5) is 11.4 Å². The molecule has 1 atom stereocenters. The van der Waals surface area contributed by atoms with Gasteiger partial charge in [-0.1, -0.05) is 6.07 Å². The van der Waals surface area contributed by atoms with Crippen LogP contribution in [0.25, 0.3) is 0 Å². The summed E-state index contributed by atoms with van der Waals surface area (Å²) in [4.78, 5) is 2.14. The van der Waals surface area contributed by atoms with Gasteiger partial charge in [0.1, 0.15) is 4.90 Å². The second kappa shape index (κ2) is 5.59. The molecule has 1 aromatic rings. The number of benzene rings is 1. The van der Waals surface area contributed by atoms with E-state index in [0.29, 0.717) is 6.61 Å². The maximum atomic E-state index is 12.3. The summed E-state index contributed by atoms with van der Waals surface area (Å²) >= 11 is 0. The van der Waals surface area contributed by atoms with Crippen LogP contribution >= 0.6 is 0 Å². The fraction of sp³-hybridized carbons (Fsp3) is 0.538. The van der Waals surface area contributed by atoms with Gasteiger partial charge in [-0.2, -0.15) is 0 Å². The van der Waals surface area contributed by atoms with Gasteiger partial charge in [0.05, 0.1) is 24.0 Å². The van der Waals surface area contributed by atoms with Crippen molar-refractivity contribution in [3.05, 3.63) is 18.2 Å². The van der Waals surface area contributed by atoms with Gasteiger partial charge in [-0.3, -0.25) is 0 Å². The van der Waals surface area contributed by atoms with E-state index in [4.69, 9.17) is 10.5 Å². The van der Waals surface area contributed by atoms with E-state index in [-0.39, 0.29) is 16.6 Å². The minimum absolute atomic E-state index is 0.144. The Hall–Kier alpha value is -1.31. The molecule has 0 radical (unpaired) electrons. The standard InChI is InChI=1S/C13H21N3O3S/c1-15(2)20(17,18)12-6-4-5-11(13(12)14)16(3)10-7-8-19-9-10/h4-6,10H,7-9,14H2,1-3H3. The average Bonchev–Trinajstić information content (AvgIpc) is 2.91. The van der Waals surface area contributed by atoms with Gasteiger partial charge in [0.25, 0.3) is 0 Å². The SMILES string of the molecule is CN(c1cccc(S(=O)(=O)N(C)C)c1N)C1CCOC1. The fourth-order valence-corrected chi connectivity index (χ4v) is 3.31. The number of nitrogens with two attached hydrogens (primary N) is 1. The van der Waals surface area contributed by atoms with E-state index in [1.165, 1.54) is 24.5 Å². The van der Waals surface area contributed by atoms with E-state index in [0.717, 1.165) is 18.7 Å². The molecule has 0 amide bonds. The lowest BCUT2D eigenvalue weighted by Crippen LogP contribution is -2.33. The van der Waals surface area contributed by atoms with Crippen molar-refractivity contribution < 1.29 is 13.2 Å². The number of hydrogen-bond acceptors (Lipinski definition) is 5. The number of nitrogen functional groups attached to an aromatic ring is 1. The van der Waals surface area contributed by atoms with Crippen LogP contribution in [0.3, 0.4) is 0 Å². The molecule has 1 aliphatic heterocycles. The number of rotatable bonds is 4. The Morgan fingerprint density at radius 3 is 2.55 bits per heavy atom. The maximum absolute atomic E-state index is 12.3. The second-order valence-electron chi connectivity index (χ2n) is 5.10. The van der Waals surface area contributed by atoms with Crippen molar-refractivity contribution in [2.75, 3.05) is 45.0 Å². The largest absolute Gasteiger partial charge is 0.396 e. The molecule has 1 aliphatic rings. The molecular weight excluding hydrogens is 278 g/mol. The molecule has 1 unspecified atom stereocenters. The predicted octanol–water partition coefficient (Wildman–Crippen LogP) is 0.744. The number of nitrogens with zero attached hydrogens (tertiary/aromatic N) is 2. The van der Waals surface area contributed by atoms with Crippen LogP contribution in [0.15, 0.2) is 23.1 Å². The van der Waals surface area contributed by atoms with Crippen LogP contribution < -0.4 is 10.6 Å². The van der Waals surface area contributed by atoms with E-state index in [2.05, 4.69) is 0 Å². The van der Waals surface area contributed by atoms with Crippen LogP contribution in [0, 0.1) is 0 Å². The summed E-state index contributed by atoms with van der Waals surface area (Å²) in [6, 6.07) is 5.32. The summed E-state index contributed by atoms with van der Waals surface area (Å²) in [7, 11) is 1.37. The zero-order chi connectivity index (χ0) is 14.9. The first kappa shape index (κ1) is 15.1. The number of ether oxygens (including phenoxy) is 1. The van der Waals surface area contributed by atoms with Gasteiger partial charge in [-0.15, -0.1) is 0 Å². The molecule has 0 bridgehead atoms. The molecule has 1 fully saturated rings. The first-order valence-corrected chi connectivity index (χ1v) is 7.91. The lowest BCUT2D eigenvalue weighted by atomic mass is 10.2. The molecular formula is C13H21N3O3S. The van der Waals surface area contributed by atoms with Crippen LogP contribution in [0.1, 0.15) is 6.42 Å². The third-order valence-corrected chi connectivity index (χ3v) is 5.51. The molecule has 2 N–H and O–H groups in total. The third-order valence-electron chi connectivity index (χ3n) is 3.64. The Kier molecular flexibility index (Phi) is 4.22. The zero-order valence-corrected chi connectivity index (χ0v) is 12.9. The van der Waals surface area contributed by atoms with E-state index >= 15 is 0 Å². The molecule has 1 heterocycles. The average molecular weight is 299 g/mol. The normalized spacial score (nSPS) is 19.5. The third kappa shape index (κ3) is 2.61. The molecule has 7 heteroatoms. The van der Waals surface area contributed by atoms with Gasteiger partial charge in [0.15, 0.2) is 0 Å². The first-order chi connectivity index (χ1) is 9.35. The van der Waals surface area contributed by atoms with Gasteiger partial charge < -0.3 is 15.4 Å². The molecule has 20 heavy (non-hydrogen) atoms. The number of anilines is 2. The van der Waals surface area contributed by atoms with Crippen molar-refractivity contribution in [3.63, 3.8) is 0 Å². The minimum Gasteiger partial charge on any atom is -0.396 e. The Bertz CT molecular complexity index is 581. The van der Waals surface area contributed by atoms with Gasteiger partial charge in [0, 0.05) is 27.7 Å². The van der Waals surface area contributed by atoms with Crippen molar-refractivity contribution in [2.24, 2.45) is 0 Å². The van der Waals surface area contributed by atoms with E-state index in [9.17, 15) is 8.42 Å². The van der Waals surface area contributed by atoms with E-state index < -0.39 is 10.0 Å². The molecule has 0 aliphatic carbocycles. The van der Waals surface area contributed by atoms with Crippen LogP contribution in [0.2, 0.25) is 0 Å². The Morgan fingerprint density at radius 2 is 2.00 bits per heavy atom. The van der Waals surface area contributed by atoms with Crippen LogP contribution in [0.5, 0.6) is 0 Å². The number of hydrogen-bond donors (Lipinski definition) is 1. The zero-order valence-electron chi connectivity index (χ0n) is 12.0. The van der Waals surface area contributed by atoms with Crippen molar-refractivity contribution in [1.82, 2.24) is 4.31 Å². The van der Waals surface area contributed by atoms with Crippen molar-refractivity contribution in [3.8, 4) is 0 Å². The van der Waals surface area contributed by atoms with Crippen molar-refractivity contribution in [2.45, 2.75) is 17.4 Å². The Balaban J connectivity index is 2.42. The number of para-hydroxylation sites is 1. The monoisotopic (exact) mass is 299 g/mol. The highest BCUT2D eigenvalue weighted by atomic mass is 32.2. The summed E-state index contributed by atoms with van der Waals surface area (Å²) < 4.78 is 31.0. The predicted molar refractivity (Wildman–Crippen MR) is 79.4 cm³/mol. The van der Waals surface area contributed by atoms with Crippen molar-refractivity contribution >= 4 is 21.4 Å². The topological polar surface area (TPSA) is 75.9 Å². The minimum atomic E-state index is -3.54. The fourth-order valence-electron chi connectivity index (χ4n) is 2.29. The summed E-state index contributed by atoms with van der Waals surface area (Å²) in [5, 5.41) is 0. The molecule has 1 saturated heterocycles. The summed E-state index contributed by atoms with van der Waals surface area (Å²) in [5.74, 6) is 0. The molecule has 1 aromatic carbocycles. The molecule has 0 saturated carbocycles. The highest BCUT2D eigenvalue weighted by Crippen LogP contribution is 2.32. The Morgan fingerprint density at radius 1 is 1.30 bits per heavy atom. The summed E-state index contributed by atoms with van der Waals surface area (Å²) in [6.45, 7) is 1.37. The molecule has 112 valence electrons. The molecule has 6 nitrogen and oxygen atoms in total. The number of likely N-dealkylation sites (N-methyl/N-ethyl adjacent to an activating group) is 1. The van der Waals surface area contributed by atoms with Crippen LogP contribution in [-0.2, 0) is 14.8 Å². The quantitative estimate of drug-likeness (QED) is 0.830. The second-order valence-corrected chi connectivity index (χ2v) is 7.22. The lowest BCUT2D eigenvalue weighted by molar-refractivity contribution is 0.193. The summed E-state index contributed by atoms with van der Waals surface area (Å²) in [6.07, 6.45) is 0.917. The van der Waals surface area contributed by atoms with Gasteiger partial charge in [0.2, 0.25) is 10.0 Å². The highest BCUT2D eigenvalue weighted by Gasteiger charge is 2.26. The van der Waals surface area contributed by atoms with E-state index in [1.807, 2.05) is 18.0 Å². The van der Waals surface area contributed by atoms with Gasteiger partial charge in [-0.25, -0.2) is 12.7 Å². The van der Waals surface area contributed by atoms with Gasteiger partial charge in [-0.05, 0) is 18.6 Å². The highest BCUT2D eigenvalue weighted by molar-refractivity contribution is 7.89. The Labute approximate surface area is 120 Å². The maximum Gasteiger partial charge on any atom is 0.244 e. The van der Waals surface area contributed by atoms with Crippen molar-refractivity contribution in [1.29, 1.82) is 0 Å². The van der Waals surface area contributed by atoms with Crippen LogP contribution in [-0.4, -0.2) is 53.1 Å². The smallest absolute Gasteiger partial charge is 0.244 e. The summed E-state index contributed by atoms with van der Waals surface area (Å²) in [5.41, 5.74) is 7.10. The number of sulfonamides is 1. The van der Waals surface area contributed by atoms with Gasteiger partial charge >= 0.3 is 0 Å². The molecule has 2 rings (SSSR count). The molecule has 0 spiro atoms. The molecule has 0 aromatic heterocycles. The van der Waals surface area contributed by atoms with E-state index in [1.54, 1.807) is 6.07 Å². The lowest BCUT2D eigenvalue weighted by Gasteiger charge is -2.27. The first-order valence-electron chi connectivity index (χ1n) is 6.47.